The third-order valence-electron chi connectivity index (χ3n) is 11.0. The van der Waals surface area contributed by atoms with Crippen molar-refractivity contribution in [1.29, 1.82) is 0 Å². The Morgan fingerprint density at radius 3 is 2.72 bits per heavy atom. The van der Waals surface area contributed by atoms with E-state index in [-0.39, 0.29) is 6.10 Å². The van der Waals surface area contributed by atoms with E-state index in [1.54, 1.807) is 5.57 Å². The first kappa shape index (κ1) is 23.3. The predicted molar refractivity (Wildman–Crippen MR) is 134 cm³/mol. The van der Waals surface area contributed by atoms with E-state index in [2.05, 4.69) is 31.7 Å². The smallest absolute Gasteiger partial charge is 0.222 e. The molecule has 180 valence electrons. The van der Waals surface area contributed by atoms with Crippen LogP contribution in [0.4, 0.5) is 0 Å². The van der Waals surface area contributed by atoms with Crippen molar-refractivity contribution in [1.82, 2.24) is 4.90 Å². The van der Waals surface area contributed by atoms with E-state index in [1.807, 2.05) is 11.8 Å². The minimum atomic E-state index is -0.108. The van der Waals surface area contributed by atoms with Crippen LogP contribution >= 0.6 is 11.8 Å². The lowest BCUT2D eigenvalue weighted by molar-refractivity contribution is -0.131. The van der Waals surface area contributed by atoms with Gasteiger partial charge in [-0.05, 0) is 98.2 Å². The highest BCUT2D eigenvalue weighted by atomic mass is 32.2. The Bertz CT molecular complexity index is 746. The van der Waals surface area contributed by atoms with Crippen LogP contribution < -0.4 is 0 Å². The molecule has 4 fully saturated rings. The molecule has 4 aliphatic carbocycles. The van der Waals surface area contributed by atoms with Gasteiger partial charge in [-0.3, -0.25) is 4.79 Å². The third-order valence-corrected chi connectivity index (χ3v) is 12.0. The number of carbonyl (C=O) groups is 1. The van der Waals surface area contributed by atoms with Gasteiger partial charge in [-0.15, -0.1) is 0 Å². The fraction of sp³-hybridized carbons (Fsp3) is 0.893. The number of aliphatic hydroxyl groups excluding tert-OH is 1. The van der Waals surface area contributed by atoms with Gasteiger partial charge in [0.05, 0.1) is 6.10 Å². The lowest BCUT2D eigenvalue weighted by Gasteiger charge is -2.58. The van der Waals surface area contributed by atoms with Crippen molar-refractivity contribution in [3.8, 4) is 0 Å². The zero-order chi connectivity index (χ0) is 22.5. The second-order valence-electron chi connectivity index (χ2n) is 12.4. The zero-order valence-corrected chi connectivity index (χ0v) is 21.5. The van der Waals surface area contributed by atoms with Crippen molar-refractivity contribution in [2.75, 3.05) is 24.6 Å². The molecule has 3 nitrogen and oxygen atoms in total. The highest BCUT2D eigenvalue weighted by Gasteiger charge is 2.59. The molecule has 1 heterocycles. The number of aliphatic hydroxyl groups is 1. The minimum absolute atomic E-state index is 0.108. The summed E-state index contributed by atoms with van der Waals surface area (Å²) in [7, 11) is 0. The van der Waals surface area contributed by atoms with Gasteiger partial charge in [-0.25, -0.2) is 0 Å². The molecule has 0 aromatic rings. The molecule has 0 spiro atoms. The summed E-state index contributed by atoms with van der Waals surface area (Å²) in [6.45, 7) is 9.51. The van der Waals surface area contributed by atoms with Gasteiger partial charge in [-0.1, -0.05) is 32.4 Å². The highest BCUT2D eigenvalue weighted by Crippen LogP contribution is 2.67. The summed E-state index contributed by atoms with van der Waals surface area (Å²) < 4.78 is 0. The first-order valence-electron chi connectivity index (χ1n) is 13.6. The van der Waals surface area contributed by atoms with Gasteiger partial charge in [0, 0.05) is 31.0 Å². The SMILES string of the molecule is C[C@H](CCC(=O)N1CCSCC1)[C@H]1CC[C@H]2[C@@H]3CC=C4C[C@@H](O)CC[C@]4(C)[C@H]3CC[C@]12C. The maximum Gasteiger partial charge on any atom is 0.222 e. The lowest BCUT2D eigenvalue weighted by atomic mass is 9.47. The zero-order valence-electron chi connectivity index (χ0n) is 20.7. The average Bonchev–Trinajstić information content (AvgIpc) is 3.15. The van der Waals surface area contributed by atoms with Crippen LogP contribution in [0.15, 0.2) is 11.6 Å². The summed E-state index contributed by atoms with van der Waals surface area (Å²) in [5.74, 6) is 6.57. The molecule has 1 saturated heterocycles. The molecule has 5 aliphatic rings. The number of carbonyl (C=O) groups excluding carboxylic acids is 1. The fourth-order valence-electron chi connectivity index (χ4n) is 9.14. The molecule has 0 aromatic carbocycles. The molecule has 0 bridgehead atoms. The molecule has 32 heavy (non-hydrogen) atoms. The molecule has 1 N–H and O–H groups in total. The first-order chi connectivity index (χ1) is 15.3. The first-order valence-corrected chi connectivity index (χ1v) is 14.7. The monoisotopic (exact) mass is 459 g/mol. The van der Waals surface area contributed by atoms with Crippen molar-refractivity contribution in [2.24, 2.45) is 40.4 Å². The number of rotatable bonds is 4. The number of thioether (sulfide) groups is 1. The standard InChI is InChI=1S/C28H45NO2S/c1-19(4-9-26(31)29-14-16-32-17-15-29)23-7-8-24-22-6-5-20-18-21(30)10-12-27(20,2)25(22)11-13-28(23,24)3/h5,19,21-25,30H,4,6-18H2,1-3H3/t19-,21+,22+,23-,24+,25+,27+,28-/m1/s1. The topological polar surface area (TPSA) is 40.5 Å². The van der Waals surface area contributed by atoms with Crippen LogP contribution in [0.3, 0.4) is 0 Å². The van der Waals surface area contributed by atoms with Crippen LogP contribution in [0, 0.1) is 40.4 Å². The highest BCUT2D eigenvalue weighted by molar-refractivity contribution is 7.99. The Labute approximate surface area is 200 Å². The van der Waals surface area contributed by atoms with Gasteiger partial charge in [-0.2, -0.15) is 11.8 Å². The summed E-state index contributed by atoms with van der Waals surface area (Å²) in [6, 6.07) is 0. The molecule has 3 saturated carbocycles. The Kier molecular flexibility index (Phi) is 6.51. The predicted octanol–water partition coefficient (Wildman–Crippen LogP) is 5.92. The number of hydrogen-bond acceptors (Lipinski definition) is 3. The average molecular weight is 460 g/mol. The van der Waals surface area contributed by atoms with Gasteiger partial charge in [0.15, 0.2) is 0 Å². The quantitative estimate of drug-likeness (QED) is 0.531. The minimum Gasteiger partial charge on any atom is -0.393 e. The van der Waals surface area contributed by atoms with Crippen LogP contribution in [0.25, 0.3) is 0 Å². The summed E-state index contributed by atoms with van der Waals surface area (Å²) in [5.41, 5.74) is 2.38. The molecule has 0 aromatic heterocycles. The van der Waals surface area contributed by atoms with Crippen molar-refractivity contribution in [3.05, 3.63) is 11.6 Å². The van der Waals surface area contributed by atoms with Crippen LogP contribution in [0.5, 0.6) is 0 Å². The van der Waals surface area contributed by atoms with Crippen LogP contribution in [0.2, 0.25) is 0 Å². The molecule has 1 aliphatic heterocycles. The van der Waals surface area contributed by atoms with Gasteiger partial charge < -0.3 is 10.0 Å². The summed E-state index contributed by atoms with van der Waals surface area (Å²) in [4.78, 5) is 14.9. The van der Waals surface area contributed by atoms with Gasteiger partial charge in [0.25, 0.3) is 0 Å². The molecular formula is C28H45NO2S. The fourth-order valence-corrected chi connectivity index (χ4v) is 10.0. The van der Waals surface area contributed by atoms with Crippen molar-refractivity contribution >= 4 is 17.7 Å². The largest absolute Gasteiger partial charge is 0.393 e. The Balaban J connectivity index is 1.25. The normalized spacial score (nSPS) is 44.8. The van der Waals surface area contributed by atoms with Gasteiger partial charge >= 0.3 is 0 Å². The van der Waals surface area contributed by atoms with E-state index in [9.17, 15) is 9.90 Å². The van der Waals surface area contributed by atoms with E-state index in [0.717, 1.165) is 74.0 Å². The Morgan fingerprint density at radius 2 is 1.94 bits per heavy atom. The molecule has 0 unspecified atom stereocenters. The summed E-state index contributed by atoms with van der Waals surface area (Å²) >= 11 is 1.98. The lowest BCUT2D eigenvalue weighted by Crippen LogP contribution is -2.50. The summed E-state index contributed by atoms with van der Waals surface area (Å²) in [5, 5.41) is 10.2. The maximum atomic E-state index is 12.8. The van der Waals surface area contributed by atoms with Gasteiger partial charge in [0.1, 0.15) is 0 Å². The second-order valence-corrected chi connectivity index (χ2v) is 13.6. The van der Waals surface area contributed by atoms with E-state index in [0.29, 0.717) is 22.7 Å². The number of fused-ring (bicyclic) bond motifs is 5. The van der Waals surface area contributed by atoms with Gasteiger partial charge in [0.2, 0.25) is 5.91 Å². The van der Waals surface area contributed by atoms with Crippen molar-refractivity contribution in [3.63, 3.8) is 0 Å². The molecule has 5 rings (SSSR count). The molecular weight excluding hydrogens is 414 g/mol. The van der Waals surface area contributed by atoms with Crippen LogP contribution in [-0.2, 0) is 4.79 Å². The second kappa shape index (κ2) is 8.95. The van der Waals surface area contributed by atoms with Crippen molar-refractivity contribution < 1.29 is 9.90 Å². The molecule has 1 amide bonds. The van der Waals surface area contributed by atoms with Crippen LogP contribution in [-0.4, -0.2) is 46.6 Å². The van der Waals surface area contributed by atoms with Crippen molar-refractivity contribution in [2.45, 2.75) is 91.1 Å². The van der Waals surface area contributed by atoms with Crippen LogP contribution in [0.1, 0.15) is 85.0 Å². The molecule has 8 atom stereocenters. The number of amides is 1. The van der Waals surface area contributed by atoms with E-state index in [1.165, 1.54) is 38.5 Å². The Morgan fingerprint density at radius 1 is 1.16 bits per heavy atom. The third kappa shape index (κ3) is 3.89. The molecule has 4 heteroatoms. The number of nitrogens with zero attached hydrogens (tertiary/aromatic N) is 1. The number of allylic oxidation sites excluding steroid dienone is 1. The summed E-state index contributed by atoms with van der Waals surface area (Å²) in [6.07, 6.45) is 14.1. The molecule has 0 radical (unpaired) electrons. The number of hydrogen-bond donors (Lipinski definition) is 1. The van der Waals surface area contributed by atoms with E-state index >= 15 is 0 Å². The maximum absolute atomic E-state index is 12.8. The Hall–Kier alpha value is -0.480. The van der Waals surface area contributed by atoms with E-state index < -0.39 is 0 Å². The van der Waals surface area contributed by atoms with E-state index in [4.69, 9.17) is 0 Å².